The summed E-state index contributed by atoms with van der Waals surface area (Å²) in [6.07, 6.45) is 18.6. The van der Waals surface area contributed by atoms with Crippen LogP contribution in [0, 0.1) is 0 Å². The highest BCUT2D eigenvalue weighted by Gasteiger charge is 2.14. The lowest BCUT2D eigenvalue weighted by Gasteiger charge is -2.17. The molecule has 248 valence electrons. The van der Waals surface area contributed by atoms with E-state index in [9.17, 15) is 0 Å². The molecule has 2 rings (SSSR count). The molecule has 6 heteroatoms. The fourth-order valence-electron chi connectivity index (χ4n) is 4.89. The minimum atomic E-state index is 0.674. The van der Waals surface area contributed by atoms with E-state index >= 15 is 0 Å². The fraction of sp³-hybridized carbons (Fsp3) is 0.632. The fourth-order valence-corrected chi connectivity index (χ4v) is 5.43. The molecule has 0 heterocycles. The lowest BCUT2D eigenvalue weighted by Crippen LogP contribution is -2.03. The molecule has 0 aliphatic rings. The summed E-state index contributed by atoms with van der Waals surface area (Å²) in [4.78, 5) is 1.56. The van der Waals surface area contributed by atoms with E-state index in [4.69, 9.17) is 44.2 Å². The van der Waals surface area contributed by atoms with Crippen LogP contribution in [0.5, 0.6) is 23.0 Å². The Hall–Kier alpha value is -1.92. The first-order valence-corrected chi connectivity index (χ1v) is 18.4. The Labute approximate surface area is 280 Å². The largest absolute Gasteiger partial charge is 0.490 e. The number of hydrogen-bond acceptors (Lipinski definition) is 6. The van der Waals surface area contributed by atoms with Crippen LogP contribution >= 0.6 is 25.3 Å². The zero-order valence-corrected chi connectivity index (χ0v) is 29.9. The quantitative estimate of drug-likeness (QED) is 0.0607. The van der Waals surface area contributed by atoms with E-state index in [-0.39, 0.29) is 0 Å². The van der Waals surface area contributed by atoms with Crippen molar-refractivity contribution >= 4 is 35.1 Å². The van der Waals surface area contributed by atoms with Gasteiger partial charge in [-0.15, -0.1) is 25.3 Å². The number of rotatable bonds is 26. The number of thiol groups is 2. The van der Waals surface area contributed by atoms with Gasteiger partial charge in [-0.1, -0.05) is 105 Å². The molecular weight excluding hydrogens is 585 g/mol. The molecule has 0 saturated heterocycles. The summed E-state index contributed by atoms with van der Waals surface area (Å²) < 4.78 is 24.9. The molecule has 0 radical (unpaired) electrons. The van der Waals surface area contributed by atoms with Gasteiger partial charge < -0.3 is 18.9 Å². The summed E-state index contributed by atoms with van der Waals surface area (Å²) >= 11 is 9.89. The van der Waals surface area contributed by atoms with Crippen molar-refractivity contribution in [3.05, 3.63) is 47.5 Å². The summed E-state index contributed by atoms with van der Waals surface area (Å²) in [6.45, 7) is 11.6. The highest BCUT2D eigenvalue weighted by Crippen LogP contribution is 2.39. The molecule has 0 fully saturated rings. The van der Waals surface area contributed by atoms with Crippen molar-refractivity contribution in [1.82, 2.24) is 0 Å². The molecule has 0 aromatic heterocycles. The molecular formula is C38H60O4S2. The zero-order chi connectivity index (χ0) is 31.8. The van der Waals surface area contributed by atoms with Gasteiger partial charge in [-0.3, -0.25) is 0 Å². The predicted molar refractivity (Wildman–Crippen MR) is 196 cm³/mol. The monoisotopic (exact) mass is 644 g/mol. The van der Waals surface area contributed by atoms with E-state index in [0.29, 0.717) is 26.4 Å². The van der Waals surface area contributed by atoms with E-state index in [1.54, 1.807) is 0 Å². The van der Waals surface area contributed by atoms with Crippen molar-refractivity contribution in [2.45, 2.75) is 130 Å². The second-order valence-electron chi connectivity index (χ2n) is 11.7. The Morgan fingerprint density at radius 3 is 1.00 bits per heavy atom. The van der Waals surface area contributed by atoms with E-state index in [1.807, 2.05) is 36.4 Å². The Balaban J connectivity index is 2.26. The third-order valence-corrected chi connectivity index (χ3v) is 8.82. The molecule has 0 aliphatic heterocycles. The molecule has 44 heavy (non-hydrogen) atoms. The van der Waals surface area contributed by atoms with E-state index in [2.05, 4.69) is 27.7 Å². The van der Waals surface area contributed by atoms with E-state index in [0.717, 1.165) is 69.6 Å². The van der Waals surface area contributed by atoms with Crippen LogP contribution in [0.1, 0.15) is 142 Å². The Bertz CT molecular complexity index is 985. The maximum Gasteiger partial charge on any atom is 0.161 e. The Morgan fingerprint density at radius 1 is 0.409 bits per heavy atom. The summed E-state index contributed by atoms with van der Waals surface area (Å²) in [5.74, 6) is 3.12. The molecule has 0 aliphatic carbocycles. The standard InChI is InChI=1S/C38H60O4S2/c1-5-9-13-17-25-39-33-23-21-31(29-35(33)41-27-19-15-11-7-3)37(43)38(44)32-22-24-34(40-26-18-14-10-6-2)36(30-32)42-28-20-16-12-8-4/h21-24,29-30,43-44H,5-20,25-28H2,1-4H3/b38-37+. The van der Waals surface area contributed by atoms with E-state index in [1.165, 1.54) is 77.0 Å². The molecule has 0 atom stereocenters. The number of unbranched alkanes of at least 4 members (excludes halogenated alkanes) is 12. The number of benzene rings is 2. The molecule has 0 amide bonds. The van der Waals surface area contributed by atoms with Crippen molar-refractivity contribution in [1.29, 1.82) is 0 Å². The molecule has 0 unspecified atom stereocenters. The van der Waals surface area contributed by atoms with Gasteiger partial charge in [-0.25, -0.2) is 0 Å². The van der Waals surface area contributed by atoms with Crippen molar-refractivity contribution in [3.63, 3.8) is 0 Å². The van der Waals surface area contributed by atoms with Gasteiger partial charge in [0.1, 0.15) is 0 Å². The Morgan fingerprint density at radius 2 is 0.705 bits per heavy atom. The van der Waals surface area contributed by atoms with Crippen LogP contribution in [0.25, 0.3) is 9.81 Å². The highest BCUT2D eigenvalue weighted by molar-refractivity contribution is 7.96. The smallest absolute Gasteiger partial charge is 0.161 e. The van der Waals surface area contributed by atoms with Gasteiger partial charge in [0.05, 0.1) is 26.4 Å². The van der Waals surface area contributed by atoms with Crippen LogP contribution in [0.3, 0.4) is 0 Å². The van der Waals surface area contributed by atoms with Gasteiger partial charge >= 0.3 is 0 Å². The average Bonchev–Trinajstić information content (AvgIpc) is 3.04. The third kappa shape index (κ3) is 14.9. The van der Waals surface area contributed by atoms with E-state index < -0.39 is 0 Å². The average molecular weight is 645 g/mol. The van der Waals surface area contributed by atoms with Crippen molar-refractivity contribution in [3.8, 4) is 23.0 Å². The molecule has 0 N–H and O–H groups in total. The van der Waals surface area contributed by atoms with Crippen LogP contribution < -0.4 is 18.9 Å². The summed E-state index contributed by atoms with van der Waals surface area (Å²) in [6, 6.07) is 12.2. The van der Waals surface area contributed by atoms with Crippen molar-refractivity contribution in [2.75, 3.05) is 26.4 Å². The summed E-state index contributed by atoms with van der Waals surface area (Å²) in [5, 5.41) is 0. The molecule has 0 bridgehead atoms. The van der Waals surface area contributed by atoms with Crippen LogP contribution in [-0.2, 0) is 0 Å². The van der Waals surface area contributed by atoms with Gasteiger partial charge in [0.2, 0.25) is 0 Å². The predicted octanol–water partition coefficient (Wildman–Crippen LogP) is 12.2. The second-order valence-corrected chi connectivity index (χ2v) is 12.6. The van der Waals surface area contributed by atoms with Crippen LogP contribution in [0.2, 0.25) is 0 Å². The zero-order valence-electron chi connectivity index (χ0n) is 28.1. The normalized spacial score (nSPS) is 11.8. The van der Waals surface area contributed by atoms with Crippen molar-refractivity contribution in [2.24, 2.45) is 0 Å². The second kappa shape index (κ2) is 24.3. The third-order valence-electron chi connectivity index (χ3n) is 7.68. The first-order chi connectivity index (χ1) is 21.5. The minimum Gasteiger partial charge on any atom is -0.490 e. The molecule has 2 aromatic rings. The summed E-state index contributed by atoms with van der Waals surface area (Å²) in [7, 11) is 0. The molecule has 2 aromatic carbocycles. The molecule has 4 nitrogen and oxygen atoms in total. The first kappa shape index (κ1) is 38.3. The lowest BCUT2D eigenvalue weighted by atomic mass is 10.1. The van der Waals surface area contributed by atoms with Crippen LogP contribution in [0.4, 0.5) is 0 Å². The van der Waals surface area contributed by atoms with Crippen LogP contribution in [-0.4, -0.2) is 26.4 Å². The summed E-state index contributed by atoms with van der Waals surface area (Å²) in [5.41, 5.74) is 1.89. The Kier molecular flexibility index (Phi) is 21.2. The van der Waals surface area contributed by atoms with Gasteiger partial charge in [0.25, 0.3) is 0 Å². The lowest BCUT2D eigenvalue weighted by molar-refractivity contribution is 0.259. The number of hydrogen-bond donors (Lipinski definition) is 2. The van der Waals surface area contributed by atoms with Crippen molar-refractivity contribution < 1.29 is 18.9 Å². The maximum absolute atomic E-state index is 6.26. The van der Waals surface area contributed by atoms with Gasteiger partial charge in [0, 0.05) is 9.81 Å². The minimum absolute atomic E-state index is 0.674. The highest BCUT2D eigenvalue weighted by atomic mass is 32.1. The van der Waals surface area contributed by atoms with Gasteiger partial charge in [-0.05, 0) is 73.2 Å². The molecule has 0 saturated carbocycles. The molecule has 0 spiro atoms. The number of ether oxygens (including phenoxy) is 4. The van der Waals surface area contributed by atoms with Crippen LogP contribution in [0.15, 0.2) is 36.4 Å². The first-order valence-electron chi connectivity index (χ1n) is 17.5. The maximum atomic E-state index is 6.26. The SMILES string of the molecule is CCCCCCOc1ccc(/C(S)=C(\S)c2ccc(OCCCCCC)c(OCCCCCC)c2)cc1OCCCCCC. The topological polar surface area (TPSA) is 36.9 Å². The van der Waals surface area contributed by atoms with Gasteiger partial charge in [0.15, 0.2) is 23.0 Å². The van der Waals surface area contributed by atoms with Gasteiger partial charge in [-0.2, -0.15) is 0 Å².